The summed E-state index contributed by atoms with van der Waals surface area (Å²) in [7, 11) is 0. The van der Waals surface area contributed by atoms with E-state index in [1.165, 1.54) is 0 Å². The van der Waals surface area contributed by atoms with Gasteiger partial charge in [-0.2, -0.15) is 0 Å². The summed E-state index contributed by atoms with van der Waals surface area (Å²) < 4.78 is 11.8. The highest BCUT2D eigenvalue weighted by Gasteiger charge is 2.46. The number of rotatable bonds is 6. The fraction of sp³-hybridized carbons (Fsp3) is 0.500. The molecule has 1 amide bonds. The Morgan fingerprint density at radius 3 is 2.57 bits per heavy atom. The van der Waals surface area contributed by atoms with E-state index in [9.17, 15) is 9.90 Å². The van der Waals surface area contributed by atoms with Crippen LogP contribution >= 0.6 is 0 Å². The first-order valence-electron chi connectivity index (χ1n) is 7.91. The molecule has 0 radical (unpaired) electrons. The Morgan fingerprint density at radius 1 is 1.35 bits per heavy atom. The molecule has 2 rings (SSSR count). The maximum atomic E-state index is 12.9. The molecule has 5 nitrogen and oxygen atoms in total. The van der Waals surface area contributed by atoms with Crippen molar-refractivity contribution in [2.75, 3.05) is 18.1 Å². The van der Waals surface area contributed by atoms with Gasteiger partial charge in [0.15, 0.2) is 17.1 Å². The molecule has 0 spiro atoms. The zero-order valence-electron chi connectivity index (χ0n) is 13.9. The van der Waals surface area contributed by atoms with Crippen LogP contribution in [0.5, 0.6) is 11.5 Å². The first-order chi connectivity index (χ1) is 11.1. The number of amides is 1. The molecule has 0 aromatic heterocycles. The number of aliphatic hydroxyl groups excluding tert-OH is 1. The summed E-state index contributed by atoms with van der Waals surface area (Å²) in [6.07, 6.45) is 6.53. The van der Waals surface area contributed by atoms with E-state index in [0.717, 1.165) is 0 Å². The second-order valence-corrected chi connectivity index (χ2v) is 5.43. The fourth-order valence-corrected chi connectivity index (χ4v) is 2.84. The normalized spacial score (nSPS) is 15.6. The summed E-state index contributed by atoms with van der Waals surface area (Å²) >= 11 is 0. The van der Waals surface area contributed by atoms with E-state index in [1.54, 1.807) is 17.0 Å². The van der Waals surface area contributed by atoms with Crippen molar-refractivity contribution < 1.29 is 19.4 Å². The number of benzene rings is 1. The number of aliphatic hydroxyl groups is 1. The lowest BCUT2D eigenvalue weighted by Crippen LogP contribution is -2.55. The van der Waals surface area contributed by atoms with Crippen LogP contribution in [0.4, 0.5) is 5.69 Å². The van der Waals surface area contributed by atoms with Gasteiger partial charge in [-0.1, -0.05) is 19.8 Å². The van der Waals surface area contributed by atoms with Crippen molar-refractivity contribution in [1.82, 2.24) is 0 Å². The molecule has 1 aromatic rings. The molecule has 0 unspecified atom stereocenters. The molecule has 5 heteroatoms. The molecule has 1 aliphatic rings. The number of anilines is 1. The lowest BCUT2D eigenvalue weighted by atomic mass is 9.92. The molecular formula is C18H23NO4. The Labute approximate surface area is 137 Å². The second kappa shape index (κ2) is 6.93. The van der Waals surface area contributed by atoms with Gasteiger partial charge >= 0.3 is 0 Å². The molecule has 0 aliphatic carbocycles. The largest absolute Gasteiger partial charge is 0.490 e. The number of ether oxygens (including phenoxy) is 2. The van der Waals surface area contributed by atoms with Crippen LogP contribution in [0.25, 0.3) is 0 Å². The molecule has 1 heterocycles. The monoisotopic (exact) mass is 317 g/mol. The Kier molecular flexibility index (Phi) is 5.17. The summed E-state index contributed by atoms with van der Waals surface area (Å²) in [5, 5.41) is 9.47. The highest BCUT2D eigenvalue weighted by molar-refractivity contribution is 6.03. The van der Waals surface area contributed by atoms with Crippen LogP contribution in [-0.2, 0) is 11.4 Å². The molecule has 0 fully saturated rings. The van der Waals surface area contributed by atoms with E-state index >= 15 is 0 Å². The Hall–Kier alpha value is -2.19. The third kappa shape index (κ3) is 2.87. The summed E-state index contributed by atoms with van der Waals surface area (Å²) in [6, 6.07) is 3.46. The average molecular weight is 317 g/mol. The van der Waals surface area contributed by atoms with Crippen molar-refractivity contribution in [2.24, 2.45) is 0 Å². The predicted octanol–water partition coefficient (Wildman–Crippen LogP) is 2.50. The van der Waals surface area contributed by atoms with Crippen molar-refractivity contribution in [3.63, 3.8) is 0 Å². The predicted molar refractivity (Wildman–Crippen MR) is 88.7 cm³/mol. The van der Waals surface area contributed by atoms with Crippen molar-refractivity contribution >= 4 is 11.6 Å². The summed E-state index contributed by atoms with van der Waals surface area (Å²) in [5.41, 5.74) is 0.266. The van der Waals surface area contributed by atoms with Gasteiger partial charge in [0.1, 0.15) is 0 Å². The average Bonchev–Trinajstić information content (AvgIpc) is 2.57. The SMILES string of the molecule is C#CCN1C(=O)C(CC)(CC)Oc2c(OCC)cc(CO)cc21. The summed E-state index contributed by atoms with van der Waals surface area (Å²) in [4.78, 5) is 14.5. The van der Waals surface area contributed by atoms with Gasteiger partial charge in [-0.3, -0.25) is 9.69 Å². The van der Waals surface area contributed by atoms with Crippen LogP contribution in [0.1, 0.15) is 39.2 Å². The van der Waals surface area contributed by atoms with Crippen molar-refractivity contribution in [1.29, 1.82) is 0 Å². The highest BCUT2D eigenvalue weighted by atomic mass is 16.5. The number of fused-ring (bicyclic) bond motifs is 1. The van der Waals surface area contributed by atoms with E-state index in [2.05, 4.69) is 5.92 Å². The van der Waals surface area contributed by atoms with Gasteiger partial charge in [0, 0.05) is 0 Å². The van der Waals surface area contributed by atoms with Gasteiger partial charge < -0.3 is 14.6 Å². The number of carbonyl (C=O) groups excluding carboxylic acids is 1. The lowest BCUT2D eigenvalue weighted by Gasteiger charge is -2.42. The zero-order chi connectivity index (χ0) is 17.0. The van der Waals surface area contributed by atoms with Crippen molar-refractivity contribution in [2.45, 2.75) is 45.8 Å². The molecule has 1 aliphatic heterocycles. The molecule has 0 bridgehead atoms. The minimum atomic E-state index is -0.934. The zero-order valence-corrected chi connectivity index (χ0v) is 13.9. The van der Waals surface area contributed by atoms with Gasteiger partial charge in [0.25, 0.3) is 5.91 Å². The third-order valence-electron chi connectivity index (χ3n) is 4.19. The molecule has 0 saturated carbocycles. The quantitative estimate of drug-likeness (QED) is 0.819. The minimum Gasteiger partial charge on any atom is -0.490 e. The maximum Gasteiger partial charge on any atom is 0.272 e. The number of carbonyl (C=O) groups is 1. The first-order valence-corrected chi connectivity index (χ1v) is 7.91. The molecule has 0 saturated heterocycles. The van der Waals surface area contributed by atoms with Crippen molar-refractivity contribution in [3.8, 4) is 23.8 Å². The van der Waals surface area contributed by atoms with Crippen LogP contribution in [0.2, 0.25) is 0 Å². The third-order valence-corrected chi connectivity index (χ3v) is 4.19. The minimum absolute atomic E-state index is 0.148. The standard InChI is InChI=1S/C18H23NO4/c1-5-9-19-14-10-13(12-20)11-15(22-8-4)16(14)23-18(6-2,7-3)17(19)21/h1,10-11,20H,6-9,12H2,2-4H3. The van der Waals surface area contributed by atoms with Gasteiger partial charge in [-0.05, 0) is 37.5 Å². The fourth-order valence-electron chi connectivity index (χ4n) is 2.84. The molecule has 1 aromatic carbocycles. The van der Waals surface area contributed by atoms with Crippen LogP contribution in [0.15, 0.2) is 12.1 Å². The number of hydrogen-bond acceptors (Lipinski definition) is 4. The number of terminal acetylenes is 1. The van der Waals surface area contributed by atoms with Crippen LogP contribution in [0.3, 0.4) is 0 Å². The van der Waals surface area contributed by atoms with Crippen LogP contribution < -0.4 is 14.4 Å². The van der Waals surface area contributed by atoms with E-state index in [-0.39, 0.29) is 19.1 Å². The van der Waals surface area contributed by atoms with E-state index in [0.29, 0.717) is 42.2 Å². The van der Waals surface area contributed by atoms with Gasteiger partial charge in [-0.15, -0.1) is 6.42 Å². The van der Waals surface area contributed by atoms with E-state index in [1.807, 2.05) is 20.8 Å². The molecule has 23 heavy (non-hydrogen) atoms. The first kappa shape index (κ1) is 17.2. The maximum absolute atomic E-state index is 12.9. The van der Waals surface area contributed by atoms with Crippen LogP contribution in [-0.4, -0.2) is 29.8 Å². The Bertz CT molecular complexity index is 629. The van der Waals surface area contributed by atoms with E-state index in [4.69, 9.17) is 15.9 Å². The Balaban J connectivity index is 2.67. The number of hydrogen-bond donors (Lipinski definition) is 1. The second-order valence-electron chi connectivity index (χ2n) is 5.43. The van der Waals surface area contributed by atoms with E-state index < -0.39 is 5.60 Å². The Morgan fingerprint density at radius 2 is 2.04 bits per heavy atom. The van der Waals surface area contributed by atoms with Gasteiger partial charge in [0.2, 0.25) is 0 Å². The van der Waals surface area contributed by atoms with Crippen LogP contribution in [0, 0.1) is 12.3 Å². The molecule has 0 atom stereocenters. The molecule has 1 N–H and O–H groups in total. The number of nitrogens with zero attached hydrogens (tertiary/aromatic N) is 1. The lowest BCUT2D eigenvalue weighted by molar-refractivity contribution is -0.136. The van der Waals surface area contributed by atoms with Gasteiger partial charge in [-0.25, -0.2) is 0 Å². The summed E-state index contributed by atoms with van der Waals surface area (Å²) in [6.45, 7) is 6.17. The topological polar surface area (TPSA) is 59.0 Å². The summed E-state index contributed by atoms with van der Waals surface area (Å²) in [5.74, 6) is 3.42. The molecule has 124 valence electrons. The molecular weight excluding hydrogens is 294 g/mol. The van der Waals surface area contributed by atoms with Gasteiger partial charge in [0.05, 0.1) is 25.4 Å². The highest BCUT2D eigenvalue weighted by Crippen LogP contribution is 2.47. The van der Waals surface area contributed by atoms with Crippen molar-refractivity contribution in [3.05, 3.63) is 17.7 Å². The smallest absolute Gasteiger partial charge is 0.272 e.